The molecule has 108 valence electrons. The van der Waals surface area contributed by atoms with E-state index in [0.717, 1.165) is 24.8 Å². The molecule has 4 nitrogen and oxygen atoms in total. The zero-order chi connectivity index (χ0) is 14.5. The van der Waals surface area contributed by atoms with Crippen LogP contribution < -0.4 is 5.32 Å². The van der Waals surface area contributed by atoms with E-state index in [4.69, 9.17) is 5.11 Å². The molecule has 1 aromatic rings. The molecule has 0 spiro atoms. The average molecular weight is 275 g/mol. The van der Waals surface area contributed by atoms with Crippen LogP contribution in [0.4, 0.5) is 0 Å². The Morgan fingerprint density at radius 1 is 1.35 bits per heavy atom. The number of rotatable bonds is 7. The molecule has 1 fully saturated rings. The average Bonchev–Trinajstić information content (AvgIpc) is 3.22. The Hall–Kier alpha value is -1.84. The number of aryl methyl sites for hydroxylation is 1. The second kappa shape index (κ2) is 6.55. The number of amides is 1. The number of carboxylic acid groups (broad SMARTS) is 1. The van der Waals surface area contributed by atoms with Crippen LogP contribution in [-0.2, 0) is 22.4 Å². The standard InChI is InChI=1S/C16H21NO3/c1-2-11-4-3-5-13(8-11)10-15(18)17-14(16(19)20)9-12-6-7-12/h3-5,8,12,14H,2,6-7,9-10H2,1H3,(H,17,18)(H,19,20). The molecule has 0 heterocycles. The van der Waals surface area contributed by atoms with Crippen molar-refractivity contribution in [1.29, 1.82) is 0 Å². The first-order chi connectivity index (χ1) is 9.58. The second-order valence-electron chi connectivity index (χ2n) is 5.49. The number of hydrogen-bond donors (Lipinski definition) is 2. The molecular weight excluding hydrogens is 254 g/mol. The Labute approximate surface area is 119 Å². The van der Waals surface area contributed by atoms with Gasteiger partial charge in [0.25, 0.3) is 0 Å². The van der Waals surface area contributed by atoms with Crippen molar-refractivity contribution < 1.29 is 14.7 Å². The van der Waals surface area contributed by atoms with E-state index in [0.29, 0.717) is 12.3 Å². The lowest BCUT2D eigenvalue weighted by Crippen LogP contribution is -2.41. The number of hydrogen-bond acceptors (Lipinski definition) is 2. The SMILES string of the molecule is CCc1cccc(CC(=O)NC(CC2CC2)C(=O)O)c1. The van der Waals surface area contributed by atoms with Crippen molar-refractivity contribution in [3.63, 3.8) is 0 Å². The van der Waals surface area contributed by atoms with Crippen molar-refractivity contribution in [2.75, 3.05) is 0 Å². The number of aliphatic carboxylic acids is 1. The molecule has 1 aromatic carbocycles. The Bertz CT molecular complexity index is 494. The van der Waals surface area contributed by atoms with Crippen LogP contribution in [0, 0.1) is 5.92 Å². The lowest BCUT2D eigenvalue weighted by Gasteiger charge is -2.14. The predicted molar refractivity (Wildman–Crippen MR) is 76.4 cm³/mol. The smallest absolute Gasteiger partial charge is 0.326 e. The lowest BCUT2D eigenvalue weighted by molar-refractivity contribution is -0.142. The number of carbonyl (C=O) groups excluding carboxylic acids is 1. The van der Waals surface area contributed by atoms with Crippen LogP contribution in [0.2, 0.25) is 0 Å². The molecule has 0 radical (unpaired) electrons. The minimum atomic E-state index is -0.937. The van der Waals surface area contributed by atoms with E-state index < -0.39 is 12.0 Å². The monoisotopic (exact) mass is 275 g/mol. The van der Waals surface area contributed by atoms with Crippen LogP contribution in [0.5, 0.6) is 0 Å². The first-order valence-electron chi connectivity index (χ1n) is 7.18. The maximum absolute atomic E-state index is 12.0. The molecule has 0 saturated heterocycles. The molecule has 0 aromatic heterocycles. The quantitative estimate of drug-likeness (QED) is 0.801. The summed E-state index contributed by atoms with van der Waals surface area (Å²) in [5.74, 6) is -0.682. The highest BCUT2D eigenvalue weighted by Crippen LogP contribution is 2.33. The molecule has 0 aliphatic heterocycles. The van der Waals surface area contributed by atoms with Gasteiger partial charge in [0.15, 0.2) is 0 Å². The predicted octanol–water partition coefficient (Wildman–Crippen LogP) is 2.16. The lowest BCUT2D eigenvalue weighted by atomic mass is 10.1. The summed E-state index contributed by atoms with van der Waals surface area (Å²) in [6.45, 7) is 2.06. The van der Waals surface area contributed by atoms with E-state index in [9.17, 15) is 9.59 Å². The van der Waals surface area contributed by atoms with E-state index in [1.54, 1.807) is 0 Å². The van der Waals surface area contributed by atoms with Crippen LogP contribution in [-0.4, -0.2) is 23.0 Å². The third-order valence-electron chi connectivity index (χ3n) is 3.66. The first kappa shape index (κ1) is 14.6. The van der Waals surface area contributed by atoms with Gasteiger partial charge in [-0.15, -0.1) is 0 Å². The van der Waals surface area contributed by atoms with Gasteiger partial charge in [-0.25, -0.2) is 4.79 Å². The molecule has 1 unspecified atom stereocenters. The minimum absolute atomic E-state index is 0.216. The van der Waals surface area contributed by atoms with Gasteiger partial charge in [-0.1, -0.05) is 44.0 Å². The molecule has 20 heavy (non-hydrogen) atoms. The van der Waals surface area contributed by atoms with Crippen molar-refractivity contribution in [3.8, 4) is 0 Å². The molecule has 1 aliphatic carbocycles. The maximum atomic E-state index is 12.0. The highest BCUT2D eigenvalue weighted by molar-refractivity contribution is 5.84. The third-order valence-corrected chi connectivity index (χ3v) is 3.66. The van der Waals surface area contributed by atoms with Crippen LogP contribution in [0.25, 0.3) is 0 Å². The van der Waals surface area contributed by atoms with E-state index >= 15 is 0 Å². The summed E-state index contributed by atoms with van der Waals surface area (Å²) in [6.07, 6.45) is 3.88. The fourth-order valence-electron chi connectivity index (χ4n) is 2.30. The van der Waals surface area contributed by atoms with E-state index in [1.165, 1.54) is 5.56 Å². The highest BCUT2D eigenvalue weighted by Gasteiger charge is 2.30. The number of nitrogens with one attached hydrogen (secondary N) is 1. The highest BCUT2D eigenvalue weighted by atomic mass is 16.4. The summed E-state index contributed by atoms with van der Waals surface area (Å²) in [5, 5.41) is 11.8. The molecule has 0 bridgehead atoms. The second-order valence-corrected chi connectivity index (χ2v) is 5.49. The minimum Gasteiger partial charge on any atom is -0.480 e. The third kappa shape index (κ3) is 4.37. The summed E-state index contributed by atoms with van der Waals surface area (Å²) in [4.78, 5) is 23.1. The fourth-order valence-corrected chi connectivity index (χ4v) is 2.30. The molecule has 1 aliphatic rings. The zero-order valence-corrected chi connectivity index (χ0v) is 11.8. The van der Waals surface area contributed by atoms with Gasteiger partial charge < -0.3 is 10.4 Å². The Morgan fingerprint density at radius 2 is 2.05 bits per heavy atom. The topological polar surface area (TPSA) is 66.4 Å². The maximum Gasteiger partial charge on any atom is 0.326 e. The van der Waals surface area contributed by atoms with Gasteiger partial charge in [-0.3, -0.25) is 4.79 Å². The van der Waals surface area contributed by atoms with Crippen LogP contribution >= 0.6 is 0 Å². The van der Waals surface area contributed by atoms with E-state index in [2.05, 4.69) is 12.2 Å². The van der Waals surface area contributed by atoms with Crippen molar-refractivity contribution in [2.24, 2.45) is 5.92 Å². The van der Waals surface area contributed by atoms with Gasteiger partial charge in [-0.05, 0) is 29.9 Å². The fraction of sp³-hybridized carbons (Fsp3) is 0.500. The van der Waals surface area contributed by atoms with Gasteiger partial charge in [0.2, 0.25) is 5.91 Å². The number of carbonyl (C=O) groups is 2. The largest absolute Gasteiger partial charge is 0.480 e. The molecular formula is C16H21NO3. The van der Waals surface area contributed by atoms with Gasteiger partial charge in [0, 0.05) is 0 Å². The summed E-state index contributed by atoms with van der Waals surface area (Å²) in [6, 6.07) is 7.10. The Balaban J connectivity index is 1.90. The van der Waals surface area contributed by atoms with Crippen molar-refractivity contribution in [3.05, 3.63) is 35.4 Å². The molecule has 1 saturated carbocycles. The van der Waals surface area contributed by atoms with Crippen molar-refractivity contribution >= 4 is 11.9 Å². The zero-order valence-electron chi connectivity index (χ0n) is 11.8. The van der Waals surface area contributed by atoms with Gasteiger partial charge in [0.1, 0.15) is 6.04 Å². The molecule has 4 heteroatoms. The molecule has 1 atom stereocenters. The van der Waals surface area contributed by atoms with Crippen LogP contribution in [0.1, 0.15) is 37.3 Å². The molecule has 2 N–H and O–H groups in total. The van der Waals surface area contributed by atoms with Gasteiger partial charge in [0.05, 0.1) is 6.42 Å². The van der Waals surface area contributed by atoms with Crippen LogP contribution in [0.15, 0.2) is 24.3 Å². The van der Waals surface area contributed by atoms with E-state index in [-0.39, 0.29) is 12.3 Å². The molecule has 1 amide bonds. The Morgan fingerprint density at radius 3 is 2.65 bits per heavy atom. The molecule has 2 rings (SSSR count). The number of carboxylic acids is 1. The van der Waals surface area contributed by atoms with Crippen molar-refractivity contribution in [2.45, 2.75) is 45.1 Å². The van der Waals surface area contributed by atoms with Crippen molar-refractivity contribution in [1.82, 2.24) is 5.32 Å². The summed E-state index contributed by atoms with van der Waals surface area (Å²) in [5.41, 5.74) is 2.11. The normalized spacial score (nSPS) is 15.7. The van der Waals surface area contributed by atoms with Gasteiger partial charge >= 0.3 is 5.97 Å². The first-order valence-corrected chi connectivity index (χ1v) is 7.18. The van der Waals surface area contributed by atoms with Crippen LogP contribution in [0.3, 0.4) is 0 Å². The summed E-state index contributed by atoms with van der Waals surface area (Å²) < 4.78 is 0. The summed E-state index contributed by atoms with van der Waals surface area (Å²) in [7, 11) is 0. The van der Waals surface area contributed by atoms with E-state index in [1.807, 2.05) is 24.3 Å². The Kier molecular flexibility index (Phi) is 4.77. The summed E-state index contributed by atoms with van der Waals surface area (Å²) >= 11 is 0. The number of benzene rings is 1. The van der Waals surface area contributed by atoms with Gasteiger partial charge in [-0.2, -0.15) is 0 Å².